The summed E-state index contributed by atoms with van der Waals surface area (Å²) in [5.74, 6) is -0.0712. The minimum atomic E-state index is -0.0712. The molecular formula is C13H20N4O2. The Morgan fingerprint density at radius 3 is 2.95 bits per heavy atom. The molecule has 0 aliphatic carbocycles. The number of anilines is 1. The van der Waals surface area contributed by atoms with Crippen LogP contribution in [-0.4, -0.2) is 65.1 Å². The van der Waals surface area contributed by atoms with Crippen LogP contribution in [0.25, 0.3) is 0 Å². The quantitative estimate of drug-likeness (QED) is 0.790. The van der Waals surface area contributed by atoms with E-state index >= 15 is 0 Å². The Bertz CT molecular complexity index is 438. The fourth-order valence-electron chi connectivity index (χ4n) is 2.26. The molecule has 6 nitrogen and oxygen atoms in total. The zero-order valence-corrected chi connectivity index (χ0v) is 11.0. The zero-order chi connectivity index (χ0) is 13.7. The van der Waals surface area contributed by atoms with E-state index in [0.717, 1.165) is 26.1 Å². The number of rotatable bonds is 3. The van der Waals surface area contributed by atoms with Crippen LogP contribution >= 0.6 is 0 Å². The molecule has 3 N–H and O–H groups in total. The van der Waals surface area contributed by atoms with Crippen LogP contribution in [0.4, 0.5) is 5.69 Å². The first-order chi connectivity index (χ1) is 9.20. The number of amides is 1. The average Bonchev–Trinajstić information content (AvgIpc) is 2.64. The fraction of sp³-hybridized carbons (Fsp3) is 0.538. The monoisotopic (exact) mass is 264 g/mol. The number of aliphatic hydroxyl groups is 1. The fourth-order valence-corrected chi connectivity index (χ4v) is 2.26. The van der Waals surface area contributed by atoms with Gasteiger partial charge in [0.15, 0.2) is 0 Å². The molecule has 1 aliphatic rings. The summed E-state index contributed by atoms with van der Waals surface area (Å²) in [6.07, 6.45) is 2.46. The van der Waals surface area contributed by atoms with Gasteiger partial charge in [0.1, 0.15) is 5.69 Å². The summed E-state index contributed by atoms with van der Waals surface area (Å²) in [6.45, 7) is 3.90. The molecule has 1 aliphatic heterocycles. The highest BCUT2D eigenvalue weighted by Gasteiger charge is 2.20. The molecule has 6 heteroatoms. The Morgan fingerprint density at radius 2 is 2.21 bits per heavy atom. The maximum absolute atomic E-state index is 12.3. The Hall–Kier alpha value is -1.66. The molecule has 0 saturated carbocycles. The number of carbonyl (C=O) groups is 1. The Labute approximate surface area is 112 Å². The third-order valence-electron chi connectivity index (χ3n) is 3.30. The van der Waals surface area contributed by atoms with Crippen LogP contribution in [0.1, 0.15) is 16.9 Å². The molecule has 1 fully saturated rings. The van der Waals surface area contributed by atoms with E-state index in [1.54, 1.807) is 23.2 Å². The van der Waals surface area contributed by atoms with Gasteiger partial charge in [-0.2, -0.15) is 0 Å². The Balaban J connectivity index is 2.00. The van der Waals surface area contributed by atoms with Gasteiger partial charge in [0.2, 0.25) is 0 Å². The van der Waals surface area contributed by atoms with Crippen molar-refractivity contribution in [3.63, 3.8) is 0 Å². The molecule has 0 unspecified atom stereocenters. The number of nitrogen functional groups attached to an aromatic ring is 1. The van der Waals surface area contributed by atoms with Gasteiger partial charge >= 0.3 is 0 Å². The summed E-state index contributed by atoms with van der Waals surface area (Å²) in [6, 6.07) is 3.28. The van der Waals surface area contributed by atoms with Crippen molar-refractivity contribution >= 4 is 11.6 Å². The average molecular weight is 264 g/mol. The van der Waals surface area contributed by atoms with E-state index < -0.39 is 0 Å². The molecule has 19 heavy (non-hydrogen) atoms. The van der Waals surface area contributed by atoms with E-state index in [1.807, 2.05) is 0 Å². The first-order valence-corrected chi connectivity index (χ1v) is 6.54. The van der Waals surface area contributed by atoms with Gasteiger partial charge in [0, 0.05) is 38.1 Å². The van der Waals surface area contributed by atoms with Crippen molar-refractivity contribution in [2.45, 2.75) is 6.42 Å². The number of nitrogens with zero attached hydrogens (tertiary/aromatic N) is 3. The normalized spacial score (nSPS) is 17.2. The van der Waals surface area contributed by atoms with Gasteiger partial charge in [-0.3, -0.25) is 14.7 Å². The lowest BCUT2D eigenvalue weighted by Crippen LogP contribution is -2.36. The lowest BCUT2D eigenvalue weighted by Gasteiger charge is -2.21. The Morgan fingerprint density at radius 1 is 1.37 bits per heavy atom. The van der Waals surface area contributed by atoms with Crippen molar-refractivity contribution in [2.24, 2.45) is 0 Å². The van der Waals surface area contributed by atoms with E-state index in [4.69, 9.17) is 10.8 Å². The molecule has 0 radical (unpaired) electrons. The first kappa shape index (κ1) is 13.8. The number of hydrogen-bond donors (Lipinski definition) is 2. The van der Waals surface area contributed by atoms with Crippen molar-refractivity contribution in [1.29, 1.82) is 0 Å². The van der Waals surface area contributed by atoms with Gasteiger partial charge in [-0.1, -0.05) is 0 Å². The maximum Gasteiger partial charge on any atom is 0.272 e. The van der Waals surface area contributed by atoms with Gasteiger partial charge in [0.05, 0.1) is 6.61 Å². The predicted octanol–water partition coefficient (Wildman–Crippen LogP) is -0.196. The molecule has 0 bridgehead atoms. The van der Waals surface area contributed by atoms with Crippen LogP contribution in [0.5, 0.6) is 0 Å². The molecule has 0 spiro atoms. The lowest BCUT2D eigenvalue weighted by atomic mass is 10.2. The van der Waals surface area contributed by atoms with Crippen LogP contribution in [-0.2, 0) is 0 Å². The van der Waals surface area contributed by atoms with Gasteiger partial charge in [-0.05, 0) is 25.1 Å². The number of hydrogen-bond acceptors (Lipinski definition) is 5. The second-order valence-corrected chi connectivity index (χ2v) is 4.69. The van der Waals surface area contributed by atoms with Crippen LogP contribution < -0.4 is 5.73 Å². The SMILES string of the molecule is Nc1ccnc(C(=O)N2CCCN(CCO)CC2)c1. The number of aromatic nitrogens is 1. The van der Waals surface area contributed by atoms with E-state index in [1.165, 1.54) is 0 Å². The number of aliphatic hydroxyl groups excluding tert-OH is 1. The minimum Gasteiger partial charge on any atom is -0.399 e. The third-order valence-corrected chi connectivity index (χ3v) is 3.30. The second kappa shape index (κ2) is 6.49. The van der Waals surface area contributed by atoms with Crippen molar-refractivity contribution < 1.29 is 9.90 Å². The van der Waals surface area contributed by atoms with Crippen molar-refractivity contribution in [1.82, 2.24) is 14.8 Å². The van der Waals surface area contributed by atoms with Crippen LogP contribution in [0, 0.1) is 0 Å². The summed E-state index contributed by atoms with van der Waals surface area (Å²) < 4.78 is 0. The number of β-amino-alcohol motifs (C(OH)–C–C–N with tert-alkyl or cyclic N) is 1. The molecule has 104 valence electrons. The summed E-state index contributed by atoms with van der Waals surface area (Å²) >= 11 is 0. The molecule has 1 aromatic rings. The van der Waals surface area contributed by atoms with E-state index in [9.17, 15) is 4.79 Å². The molecule has 1 amide bonds. The van der Waals surface area contributed by atoms with Gasteiger partial charge < -0.3 is 15.7 Å². The van der Waals surface area contributed by atoms with E-state index in [0.29, 0.717) is 24.5 Å². The smallest absolute Gasteiger partial charge is 0.272 e. The van der Waals surface area contributed by atoms with Crippen molar-refractivity contribution in [3.05, 3.63) is 24.0 Å². The van der Waals surface area contributed by atoms with E-state index in [2.05, 4.69) is 9.88 Å². The summed E-state index contributed by atoms with van der Waals surface area (Å²) in [7, 11) is 0. The van der Waals surface area contributed by atoms with Crippen molar-refractivity contribution in [3.8, 4) is 0 Å². The summed E-state index contributed by atoms with van der Waals surface area (Å²) in [4.78, 5) is 20.4. The largest absolute Gasteiger partial charge is 0.399 e. The highest BCUT2D eigenvalue weighted by atomic mass is 16.3. The molecule has 0 atom stereocenters. The standard InChI is InChI=1S/C13H20N4O2/c14-11-2-3-15-12(10-11)13(19)17-5-1-4-16(6-7-17)8-9-18/h2-3,10,18H,1,4-9H2,(H2,14,15). The van der Waals surface area contributed by atoms with Crippen LogP contribution in [0.15, 0.2) is 18.3 Å². The highest BCUT2D eigenvalue weighted by Crippen LogP contribution is 2.09. The minimum absolute atomic E-state index is 0.0712. The molecular weight excluding hydrogens is 244 g/mol. The van der Waals surface area contributed by atoms with E-state index in [-0.39, 0.29) is 12.5 Å². The van der Waals surface area contributed by atoms with Gasteiger partial charge in [-0.15, -0.1) is 0 Å². The van der Waals surface area contributed by atoms with Crippen molar-refractivity contribution in [2.75, 3.05) is 45.1 Å². The predicted molar refractivity (Wildman–Crippen MR) is 72.7 cm³/mol. The first-order valence-electron chi connectivity index (χ1n) is 6.54. The lowest BCUT2D eigenvalue weighted by molar-refractivity contribution is 0.0754. The number of carbonyl (C=O) groups excluding carboxylic acids is 1. The third kappa shape index (κ3) is 3.65. The highest BCUT2D eigenvalue weighted by molar-refractivity contribution is 5.93. The molecule has 2 heterocycles. The molecule has 2 rings (SSSR count). The van der Waals surface area contributed by atoms with Gasteiger partial charge in [0.25, 0.3) is 5.91 Å². The van der Waals surface area contributed by atoms with Crippen LogP contribution in [0.2, 0.25) is 0 Å². The summed E-state index contributed by atoms with van der Waals surface area (Å²) in [5, 5.41) is 8.95. The molecule has 1 saturated heterocycles. The van der Waals surface area contributed by atoms with Crippen LogP contribution in [0.3, 0.4) is 0 Å². The molecule has 1 aromatic heterocycles. The zero-order valence-electron chi connectivity index (χ0n) is 11.0. The molecule has 0 aromatic carbocycles. The second-order valence-electron chi connectivity index (χ2n) is 4.69. The number of pyridine rings is 1. The maximum atomic E-state index is 12.3. The van der Waals surface area contributed by atoms with Gasteiger partial charge in [-0.25, -0.2) is 0 Å². The topological polar surface area (TPSA) is 82.7 Å². The number of nitrogens with two attached hydrogens (primary N) is 1. The summed E-state index contributed by atoms with van der Waals surface area (Å²) in [5.41, 5.74) is 6.62. The Kier molecular flexibility index (Phi) is 4.70.